The minimum atomic E-state index is -5.57. The second-order valence-electron chi connectivity index (χ2n) is 9.84. The Bertz CT molecular complexity index is 1500. The van der Waals surface area contributed by atoms with Crippen LogP contribution >= 0.6 is 0 Å². The number of aryl methyl sites for hydroxylation is 1. The smallest absolute Gasteiger partial charge is 0.399 e. The van der Waals surface area contributed by atoms with Crippen LogP contribution in [0.25, 0.3) is 11.1 Å². The maximum Gasteiger partial charge on any atom is 0.417 e. The Hall–Kier alpha value is -4.56. The van der Waals surface area contributed by atoms with Crippen LogP contribution < -0.4 is 17.2 Å². The fourth-order valence-electron chi connectivity index (χ4n) is 4.58. The number of alkyl halides is 12. The molecule has 46 heavy (non-hydrogen) atoms. The van der Waals surface area contributed by atoms with Gasteiger partial charge in [0, 0.05) is 17.1 Å². The Morgan fingerprint density at radius 2 is 0.739 bits per heavy atom. The molecular formula is C31H27F12N3. The minimum Gasteiger partial charge on any atom is -0.399 e. The van der Waals surface area contributed by atoms with Gasteiger partial charge in [-0.25, -0.2) is 0 Å². The summed E-state index contributed by atoms with van der Waals surface area (Å²) in [5.41, 5.74) is 6.67. The molecule has 0 aliphatic carbocycles. The van der Waals surface area contributed by atoms with Crippen LogP contribution in [0.2, 0.25) is 0 Å². The lowest BCUT2D eigenvalue weighted by Gasteiger charge is -2.38. The lowest BCUT2D eigenvalue weighted by molar-refractivity contribution is -0.288. The third kappa shape index (κ3) is 7.62. The lowest BCUT2D eigenvalue weighted by atomic mass is 9.72. The largest absolute Gasteiger partial charge is 0.417 e. The highest BCUT2D eigenvalue weighted by Crippen LogP contribution is 2.56. The summed E-state index contributed by atoms with van der Waals surface area (Å²) in [6.07, 6.45) is -20.8. The van der Waals surface area contributed by atoms with Gasteiger partial charge in [-0.3, -0.25) is 0 Å². The molecule has 0 bridgehead atoms. The molecule has 0 aromatic heterocycles. The third-order valence-electron chi connectivity index (χ3n) is 6.67. The zero-order chi connectivity index (χ0) is 34.2. The normalized spacial score (nSPS) is 12.5. The molecule has 250 valence electrons. The first-order valence-electron chi connectivity index (χ1n) is 12.5. The van der Waals surface area contributed by atoms with Gasteiger partial charge < -0.3 is 17.2 Å². The van der Waals surface area contributed by atoms with Crippen LogP contribution in [0, 0.1) is 6.92 Å². The van der Waals surface area contributed by atoms with Crippen LogP contribution in [0.1, 0.15) is 35.2 Å². The van der Waals surface area contributed by atoms with Crippen molar-refractivity contribution in [2.75, 3.05) is 17.2 Å². The molecule has 0 spiro atoms. The number of nitrogens with two attached hydrogens (primary N) is 3. The molecule has 0 radical (unpaired) electrons. The van der Waals surface area contributed by atoms with E-state index in [0.29, 0.717) is 17.7 Å². The molecular weight excluding hydrogens is 642 g/mol. The fraction of sp³-hybridized carbons (Fsp3) is 0.226. The van der Waals surface area contributed by atoms with Crippen molar-refractivity contribution < 1.29 is 52.7 Å². The molecule has 0 saturated heterocycles. The number of nitrogen functional groups attached to an aromatic ring is 3. The Morgan fingerprint density at radius 1 is 0.435 bits per heavy atom. The summed E-state index contributed by atoms with van der Waals surface area (Å²) < 4.78 is 161. The molecule has 4 rings (SSSR count). The highest BCUT2D eigenvalue weighted by atomic mass is 19.4. The van der Waals surface area contributed by atoms with Crippen molar-refractivity contribution in [2.45, 2.75) is 44.5 Å². The standard InChI is InChI=1S/C16H13F6N.C14H10F6N2.CH4/c1-10-2-4-11(5-3-10)14(15(17,18)19,16(20,21)22)12-6-8-13(23)9-7-12;15-13(16,17)11-5-7(21)1-3-9(11)10-4-2-8(22)6-12(10)14(18,19)20;/h2-9H,23H2,1H3;1-6H,21-22H2;1H4. The summed E-state index contributed by atoms with van der Waals surface area (Å²) in [4.78, 5) is 0. The topological polar surface area (TPSA) is 78.1 Å². The molecule has 0 aliphatic rings. The Balaban J connectivity index is 0.000000314. The number of anilines is 3. The first-order valence-corrected chi connectivity index (χ1v) is 12.5. The second-order valence-corrected chi connectivity index (χ2v) is 9.84. The van der Waals surface area contributed by atoms with Crippen LogP contribution in [-0.4, -0.2) is 12.4 Å². The van der Waals surface area contributed by atoms with E-state index in [1.807, 2.05) is 0 Å². The lowest BCUT2D eigenvalue weighted by Crippen LogP contribution is -2.54. The van der Waals surface area contributed by atoms with E-state index < -0.39 is 63.5 Å². The Morgan fingerprint density at radius 3 is 1.04 bits per heavy atom. The molecule has 3 nitrogen and oxygen atoms in total. The van der Waals surface area contributed by atoms with Crippen molar-refractivity contribution >= 4 is 17.1 Å². The number of hydrogen-bond acceptors (Lipinski definition) is 3. The number of rotatable bonds is 3. The van der Waals surface area contributed by atoms with Gasteiger partial charge in [0.15, 0.2) is 0 Å². The van der Waals surface area contributed by atoms with Gasteiger partial charge >= 0.3 is 24.7 Å². The van der Waals surface area contributed by atoms with Crippen LogP contribution in [-0.2, 0) is 17.8 Å². The molecule has 6 N–H and O–H groups in total. The average Bonchev–Trinajstić information content (AvgIpc) is 2.89. The van der Waals surface area contributed by atoms with Gasteiger partial charge in [-0.15, -0.1) is 0 Å². The molecule has 0 unspecified atom stereocenters. The first kappa shape index (κ1) is 37.6. The highest BCUT2D eigenvalue weighted by Gasteiger charge is 2.72. The van der Waals surface area contributed by atoms with Crippen molar-refractivity contribution in [3.05, 3.63) is 113 Å². The van der Waals surface area contributed by atoms with Gasteiger partial charge in [0.25, 0.3) is 0 Å². The van der Waals surface area contributed by atoms with E-state index in [1.165, 1.54) is 12.1 Å². The maximum atomic E-state index is 13.7. The predicted molar refractivity (Wildman–Crippen MR) is 152 cm³/mol. The van der Waals surface area contributed by atoms with Gasteiger partial charge in [-0.05, 0) is 65.6 Å². The summed E-state index contributed by atoms with van der Waals surface area (Å²) in [5, 5.41) is 0. The molecule has 0 saturated carbocycles. The molecule has 0 heterocycles. The van der Waals surface area contributed by atoms with Gasteiger partial charge in [0.05, 0.1) is 11.1 Å². The van der Waals surface area contributed by atoms with Gasteiger partial charge in [-0.1, -0.05) is 61.5 Å². The van der Waals surface area contributed by atoms with E-state index in [-0.39, 0.29) is 24.5 Å². The van der Waals surface area contributed by atoms with Crippen LogP contribution in [0.5, 0.6) is 0 Å². The van der Waals surface area contributed by atoms with E-state index in [0.717, 1.165) is 60.7 Å². The van der Waals surface area contributed by atoms with Gasteiger partial charge in [0.1, 0.15) is 0 Å². The fourth-order valence-corrected chi connectivity index (χ4v) is 4.58. The van der Waals surface area contributed by atoms with Gasteiger partial charge in [0.2, 0.25) is 5.41 Å². The number of benzene rings is 4. The molecule has 15 heteroatoms. The summed E-state index contributed by atoms with van der Waals surface area (Å²) >= 11 is 0. The summed E-state index contributed by atoms with van der Waals surface area (Å²) in [6.45, 7) is 1.58. The highest BCUT2D eigenvalue weighted by molar-refractivity contribution is 5.75. The van der Waals surface area contributed by atoms with E-state index >= 15 is 0 Å². The Labute approximate surface area is 255 Å². The summed E-state index contributed by atoms with van der Waals surface area (Å²) in [5.74, 6) is 0. The SMILES string of the molecule is C.Cc1ccc(C(c2ccc(N)cc2)(C(F)(F)F)C(F)(F)F)cc1.Nc1ccc(-c2ccc(N)cc2C(F)(F)F)c(C(F)(F)F)c1. The monoisotopic (exact) mass is 669 g/mol. The quantitative estimate of drug-likeness (QED) is 0.150. The first-order chi connectivity index (χ1) is 20.5. The minimum absolute atomic E-state index is 0. The Kier molecular flexibility index (Phi) is 10.7. The van der Waals surface area contributed by atoms with Crippen molar-refractivity contribution in [3.8, 4) is 11.1 Å². The summed E-state index contributed by atoms with van der Waals surface area (Å²) in [7, 11) is 0. The molecule has 0 atom stereocenters. The van der Waals surface area contributed by atoms with Crippen LogP contribution in [0.4, 0.5) is 69.7 Å². The maximum absolute atomic E-state index is 13.7. The van der Waals surface area contributed by atoms with Gasteiger partial charge in [-0.2, -0.15) is 52.7 Å². The van der Waals surface area contributed by atoms with E-state index in [2.05, 4.69) is 0 Å². The molecule has 0 fully saturated rings. The molecule has 0 aliphatic heterocycles. The van der Waals surface area contributed by atoms with Crippen molar-refractivity contribution in [2.24, 2.45) is 0 Å². The molecule has 4 aromatic rings. The number of hydrogen-bond donors (Lipinski definition) is 3. The third-order valence-corrected chi connectivity index (χ3v) is 6.67. The molecule has 4 aromatic carbocycles. The van der Waals surface area contributed by atoms with E-state index in [4.69, 9.17) is 17.2 Å². The van der Waals surface area contributed by atoms with Crippen molar-refractivity contribution in [3.63, 3.8) is 0 Å². The van der Waals surface area contributed by atoms with Crippen molar-refractivity contribution in [1.82, 2.24) is 0 Å². The zero-order valence-corrected chi connectivity index (χ0v) is 22.9. The summed E-state index contributed by atoms with van der Waals surface area (Å²) in [6, 6.07) is 13.0. The number of halogens is 12. The van der Waals surface area contributed by atoms with E-state index in [1.54, 1.807) is 6.92 Å². The van der Waals surface area contributed by atoms with E-state index in [9.17, 15) is 52.7 Å². The molecule has 0 amide bonds. The van der Waals surface area contributed by atoms with Crippen LogP contribution in [0.15, 0.2) is 84.9 Å². The van der Waals surface area contributed by atoms with Crippen molar-refractivity contribution in [1.29, 1.82) is 0 Å². The average molecular weight is 670 g/mol. The predicted octanol–water partition coefficient (Wildman–Crippen LogP) is 10.2. The zero-order valence-electron chi connectivity index (χ0n) is 22.9. The van der Waals surface area contributed by atoms with Crippen LogP contribution in [0.3, 0.4) is 0 Å². The second kappa shape index (κ2) is 13.0.